The van der Waals surface area contributed by atoms with Crippen LogP contribution in [0.25, 0.3) is 10.8 Å². The second-order valence-electron chi connectivity index (χ2n) is 7.35. The number of methoxy groups -OCH3 is 1. The van der Waals surface area contributed by atoms with E-state index in [4.69, 9.17) is 4.74 Å². The van der Waals surface area contributed by atoms with Gasteiger partial charge in [0, 0.05) is 42.6 Å². The highest BCUT2D eigenvalue weighted by molar-refractivity contribution is 6.12. The predicted octanol–water partition coefficient (Wildman–Crippen LogP) is 3.74. The lowest BCUT2D eigenvalue weighted by atomic mass is 9.88. The van der Waals surface area contributed by atoms with E-state index in [2.05, 4.69) is 29.6 Å². The summed E-state index contributed by atoms with van der Waals surface area (Å²) in [4.78, 5) is 15.2. The Kier molecular flexibility index (Phi) is 3.87. The molecule has 1 N–H and O–H groups in total. The van der Waals surface area contributed by atoms with Gasteiger partial charge in [0.2, 0.25) is 0 Å². The molecule has 1 fully saturated rings. The lowest BCUT2D eigenvalue weighted by Crippen LogP contribution is -2.40. The van der Waals surface area contributed by atoms with Crippen molar-refractivity contribution in [1.29, 1.82) is 0 Å². The number of ether oxygens (including phenoxy) is 1. The zero-order valence-electron chi connectivity index (χ0n) is 15.4. The normalized spacial score (nSPS) is 16.9. The molecule has 27 heavy (non-hydrogen) atoms. The maximum Gasteiger partial charge on any atom is 0.258 e. The number of fused-ring (bicyclic) bond motifs is 2. The van der Waals surface area contributed by atoms with Crippen LogP contribution >= 0.6 is 0 Å². The van der Waals surface area contributed by atoms with Gasteiger partial charge in [-0.25, -0.2) is 0 Å². The van der Waals surface area contributed by atoms with Gasteiger partial charge >= 0.3 is 0 Å². The highest BCUT2D eigenvalue weighted by Crippen LogP contribution is 2.35. The average Bonchev–Trinajstić information content (AvgIpc) is 2.66. The summed E-state index contributed by atoms with van der Waals surface area (Å²) < 4.78 is 5.48. The van der Waals surface area contributed by atoms with Crippen LogP contribution in [0.3, 0.4) is 0 Å². The molecule has 136 valence electrons. The number of carbonyl (C=O) groups is 1. The number of anilines is 1. The summed E-state index contributed by atoms with van der Waals surface area (Å²) in [6.07, 6.45) is 0.876. The van der Waals surface area contributed by atoms with Crippen LogP contribution in [-0.4, -0.2) is 32.7 Å². The van der Waals surface area contributed by atoms with Crippen LogP contribution in [0.15, 0.2) is 54.6 Å². The van der Waals surface area contributed by atoms with E-state index in [0.717, 1.165) is 47.3 Å². The van der Waals surface area contributed by atoms with E-state index >= 15 is 0 Å². The molecule has 4 nitrogen and oxygen atoms in total. The van der Waals surface area contributed by atoms with Crippen molar-refractivity contribution in [3.63, 3.8) is 0 Å². The molecular weight excluding hydrogens is 336 g/mol. The summed E-state index contributed by atoms with van der Waals surface area (Å²) in [5.74, 6) is 1.44. The molecule has 2 aliphatic rings. The molecular formula is C23H22N2O2. The second-order valence-corrected chi connectivity index (χ2v) is 7.35. The minimum atomic E-state index is 0.0768. The van der Waals surface area contributed by atoms with Gasteiger partial charge in [0.25, 0.3) is 5.91 Å². The Morgan fingerprint density at radius 1 is 1.07 bits per heavy atom. The minimum absolute atomic E-state index is 0.0768. The van der Waals surface area contributed by atoms with Crippen molar-refractivity contribution in [1.82, 2.24) is 5.32 Å². The van der Waals surface area contributed by atoms with Crippen molar-refractivity contribution in [2.75, 3.05) is 31.6 Å². The number of hydrogen-bond acceptors (Lipinski definition) is 3. The number of carbonyl (C=O) groups excluding carboxylic acids is 1. The van der Waals surface area contributed by atoms with Gasteiger partial charge in [0.15, 0.2) is 0 Å². The quantitative estimate of drug-likeness (QED) is 0.776. The Bertz CT molecular complexity index is 1040. The van der Waals surface area contributed by atoms with E-state index in [-0.39, 0.29) is 5.91 Å². The largest absolute Gasteiger partial charge is 0.497 e. The number of benzene rings is 3. The van der Waals surface area contributed by atoms with Crippen LogP contribution in [0.4, 0.5) is 5.69 Å². The van der Waals surface area contributed by atoms with Crippen molar-refractivity contribution in [3.8, 4) is 5.75 Å². The Morgan fingerprint density at radius 3 is 2.70 bits per heavy atom. The molecule has 4 heteroatoms. The van der Waals surface area contributed by atoms with Gasteiger partial charge in [0.1, 0.15) is 5.75 Å². The van der Waals surface area contributed by atoms with Gasteiger partial charge in [-0.3, -0.25) is 4.79 Å². The topological polar surface area (TPSA) is 41.6 Å². The summed E-state index contributed by atoms with van der Waals surface area (Å²) in [7, 11) is 1.66. The number of hydrogen-bond donors (Lipinski definition) is 1. The third-order valence-corrected chi connectivity index (χ3v) is 5.80. The molecule has 2 aliphatic heterocycles. The van der Waals surface area contributed by atoms with E-state index in [1.165, 1.54) is 11.1 Å². The molecule has 0 radical (unpaired) electrons. The van der Waals surface area contributed by atoms with E-state index in [1.807, 2.05) is 35.2 Å². The fraction of sp³-hybridized carbons (Fsp3) is 0.261. The molecule has 0 atom stereocenters. The first-order valence-corrected chi connectivity index (χ1v) is 9.47. The summed E-state index contributed by atoms with van der Waals surface area (Å²) >= 11 is 0. The fourth-order valence-electron chi connectivity index (χ4n) is 4.12. The van der Waals surface area contributed by atoms with Gasteiger partial charge < -0.3 is 15.0 Å². The van der Waals surface area contributed by atoms with Crippen molar-refractivity contribution in [3.05, 3.63) is 71.3 Å². The van der Waals surface area contributed by atoms with Crippen LogP contribution < -0.4 is 15.0 Å². The summed E-state index contributed by atoms with van der Waals surface area (Å²) in [5, 5.41) is 5.48. The number of rotatable bonds is 3. The smallest absolute Gasteiger partial charge is 0.258 e. The maximum absolute atomic E-state index is 13.3. The number of nitrogens with one attached hydrogen (secondary N) is 1. The minimum Gasteiger partial charge on any atom is -0.497 e. The average molecular weight is 358 g/mol. The highest BCUT2D eigenvalue weighted by Gasteiger charge is 2.28. The van der Waals surface area contributed by atoms with Gasteiger partial charge in [0.05, 0.1) is 12.8 Å². The third kappa shape index (κ3) is 2.68. The van der Waals surface area contributed by atoms with Gasteiger partial charge in [-0.2, -0.15) is 0 Å². The van der Waals surface area contributed by atoms with E-state index in [1.54, 1.807) is 7.11 Å². The zero-order valence-corrected chi connectivity index (χ0v) is 15.4. The first-order valence-electron chi connectivity index (χ1n) is 9.47. The lowest BCUT2D eigenvalue weighted by Gasteiger charge is -2.32. The second kappa shape index (κ2) is 6.39. The lowest BCUT2D eigenvalue weighted by molar-refractivity contribution is 0.0981. The number of amides is 1. The molecule has 0 spiro atoms. The van der Waals surface area contributed by atoms with Crippen LogP contribution in [-0.2, 0) is 6.42 Å². The molecule has 2 heterocycles. The molecule has 1 saturated heterocycles. The predicted molar refractivity (Wildman–Crippen MR) is 108 cm³/mol. The van der Waals surface area contributed by atoms with Crippen molar-refractivity contribution in [2.45, 2.75) is 12.3 Å². The molecule has 0 aromatic heterocycles. The highest BCUT2D eigenvalue weighted by atomic mass is 16.5. The Hall–Kier alpha value is -2.85. The Balaban J connectivity index is 1.56. The molecule has 5 rings (SSSR count). The first kappa shape index (κ1) is 16.3. The van der Waals surface area contributed by atoms with E-state index < -0.39 is 0 Å². The van der Waals surface area contributed by atoms with Crippen molar-refractivity contribution in [2.24, 2.45) is 0 Å². The van der Waals surface area contributed by atoms with E-state index in [0.29, 0.717) is 12.5 Å². The van der Waals surface area contributed by atoms with Crippen LogP contribution in [0, 0.1) is 0 Å². The molecule has 0 unspecified atom stereocenters. The maximum atomic E-state index is 13.3. The molecule has 1 amide bonds. The SMILES string of the molecule is COc1cc(N2CCc3cc(C4CNC4)ccc3C2=O)c2ccccc2c1. The van der Waals surface area contributed by atoms with Crippen molar-refractivity contribution < 1.29 is 9.53 Å². The van der Waals surface area contributed by atoms with E-state index in [9.17, 15) is 4.79 Å². The van der Waals surface area contributed by atoms with Gasteiger partial charge in [-0.05, 0) is 35.1 Å². The monoisotopic (exact) mass is 358 g/mol. The molecule has 0 aliphatic carbocycles. The van der Waals surface area contributed by atoms with Crippen LogP contribution in [0.1, 0.15) is 27.4 Å². The van der Waals surface area contributed by atoms with Gasteiger partial charge in [-0.1, -0.05) is 36.4 Å². The Labute approximate surface area is 158 Å². The third-order valence-electron chi connectivity index (χ3n) is 5.80. The van der Waals surface area contributed by atoms with Gasteiger partial charge in [-0.15, -0.1) is 0 Å². The molecule has 0 saturated carbocycles. The number of nitrogens with zero attached hydrogens (tertiary/aromatic N) is 1. The summed E-state index contributed by atoms with van der Waals surface area (Å²) in [6, 6.07) is 18.5. The van der Waals surface area contributed by atoms with Crippen LogP contribution in [0.2, 0.25) is 0 Å². The zero-order chi connectivity index (χ0) is 18.4. The molecule has 3 aromatic carbocycles. The molecule has 3 aromatic rings. The fourth-order valence-corrected chi connectivity index (χ4v) is 4.12. The standard InChI is InChI=1S/C23H22N2O2/c1-27-19-11-16-4-2-3-5-20(16)22(12-19)25-9-8-17-10-15(18-13-24-14-18)6-7-21(17)23(25)26/h2-7,10-12,18,24H,8-9,13-14H2,1H3. The summed E-state index contributed by atoms with van der Waals surface area (Å²) in [5.41, 5.74) is 4.27. The Morgan fingerprint density at radius 2 is 1.93 bits per heavy atom. The van der Waals surface area contributed by atoms with Crippen molar-refractivity contribution >= 4 is 22.4 Å². The summed E-state index contributed by atoms with van der Waals surface area (Å²) in [6.45, 7) is 2.76. The first-order chi connectivity index (χ1) is 13.2. The molecule has 0 bridgehead atoms. The van der Waals surface area contributed by atoms with Crippen LogP contribution in [0.5, 0.6) is 5.75 Å².